The molecular weight excluding hydrogens is 354 g/mol. The molecule has 2 aromatic heterocycles. The van der Waals surface area contributed by atoms with Gasteiger partial charge in [0.05, 0.1) is 11.7 Å². The van der Waals surface area contributed by atoms with Crippen LogP contribution in [-0.2, 0) is 24.2 Å². The topological polar surface area (TPSA) is 82.5 Å². The molecule has 0 unspecified atom stereocenters. The van der Waals surface area contributed by atoms with E-state index in [1.807, 2.05) is 0 Å². The molecule has 0 spiro atoms. The minimum absolute atomic E-state index is 0.0825. The SMILES string of the molecule is O=C(Cn1cnc2sc3c(c2c1=O)CCC3)Nc1ccc2c(c1)OCO2. The molecule has 1 aromatic carbocycles. The standard InChI is InChI=1S/C18H15N3O4S/c22-15(20-10-4-5-12-13(6-10)25-9-24-12)7-21-8-19-17-16(18(21)23)11-2-1-3-14(11)26-17/h4-6,8H,1-3,7,9H2,(H,20,22). The van der Waals surface area contributed by atoms with Gasteiger partial charge in [-0.2, -0.15) is 0 Å². The van der Waals surface area contributed by atoms with Crippen molar-refractivity contribution in [2.75, 3.05) is 12.1 Å². The van der Waals surface area contributed by atoms with Crippen molar-refractivity contribution >= 4 is 33.1 Å². The van der Waals surface area contributed by atoms with E-state index in [2.05, 4.69) is 10.3 Å². The minimum atomic E-state index is -0.293. The third-order valence-corrected chi connectivity index (χ3v) is 5.86. The average molecular weight is 369 g/mol. The molecule has 1 N–H and O–H groups in total. The van der Waals surface area contributed by atoms with Crippen LogP contribution in [0, 0.1) is 0 Å². The second-order valence-electron chi connectivity index (χ2n) is 6.33. The number of amides is 1. The normalized spacial score (nSPS) is 14.6. The quantitative estimate of drug-likeness (QED) is 0.766. The molecule has 0 bridgehead atoms. The van der Waals surface area contributed by atoms with E-state index in [0.717, 1.165) is 29.7 Å². The van der Waals surface area contributed by atoms with Gasteiger partial charge in [0.2, 0.25) is 12.7 Å². The zero-order valence-corrected chi connectivity index (χ0v) is 14.6. The van der Waals surface area contributed by atoms with Gasteiger partial charge in [-0.05, 0) is 37.0 Å². The van der Waals surface area contributed by atoms with Crippen LogP contribution in [0.15, 0.2) is 29.3 Å². The first kappa shape index (κ1) is 15.4. The van der Waals surface area contributed by atoms with Gasteiger partial charge in [0, 0.05) is 16.6 Å². The van der Waals surface area contributed by atoms with Gasteiger partial charge in [-0.25, -0.2) is 4.98 Å². The number of carbonyl (C=O) groups is 1. The molecule has 8 heteroatoms. The van der Waals surface area contributed by atoms with Crippen molar-refractivity contribution in [3.05, 3.63) is 45.3 Å². The Morgan fingerprint density at radius 2 is 2.15 bits per heavy atom. The number of nitrogens with zero attached hydrogens (tertiary/aromatic N) is 2. The Morgan fingerprint density at radius 1 is 1.27 bits per heavy atom. The summed E-state index contributed by atoms with van der Waals surface area (Å²) in [5, 5.41) is 3.46. The summed E-state index contributed by atoms with van der Waals surface area (Å²) < 4.78 is 11.9. The van der Waals surface area contributed by atoms with E-state index in [0.29, 0.717) is 22.6 Å². The minimum Gasteiger partial charge on any atom is -0.454 e. The number of carbonyl (C=O) groups excluding carboxylic acids is 1. The van der Waals surface area contributed by atoms with Crippen LogP contribution in [-0.4, -0.2) is 22.3 Å². The fourth-order valence-corrected chi connectivity index (χ4v) is 4.68. The molecule has 1 aliphatic heterocycles. The Balaban J connectivity index is 1.40. The van der Waals surface area contributed by atoms with E-state index in [4.69, 9.17) is 9.47 Å². The van der Waals surface area contributed by atoms with Gasteiger partial charge in [0.25, 0.3) is 5.56 Å². The van der Waals surface area contributed by atoms with Crippen molar-refractivity contribution in [2.24, 2.45) is 0 Å². The molecule has 1 amide bonds. The monoisotopic (exact) mass is 369 g/mol. The molecule has 3 aromatic rings. The number of rotatable bonds is 3. The van der Waals surface area contributed by atoms with Crippen LogP contribution >= 0.6 is 11.3 Å². The summed E-state index contributed by atoms with van der Waals surface area (Å²) in [6, 6.07) is 5.18. The third-order valence-electron chi connectivity index (χ3n) is 4.66. The van der Waals surface area contributed by atoms with Gasteiger partial charge in [-0.3, -0.25) is 14.2 Å². The van der Waals surface area contributed by atoms with Gasteiger partial charge >= 0.3 is 0 Å². The molecule has 132 valence electrons. The van der Waals surface area contributed by atoms with E-state index in [9.17, 15) is 9.59 Å². The lowest BCUT2D eigenvalue weighted by atomic mass is 10.2. The zero-order chi connectivity index (χ0) is 17.7. The number of hydrogen-bond donors (Lipinski definition) is 1. The first-order valence-electron chi connectivity index (χ1n) is 8.38. The van der Waals surface area contributed by atoms with Crippen LogP contribution in [0.25, 0.3) is 10.2 Å². The first-order chi connectivity index (χ1) is 12.7. The van der Waals surface area contributed by atoms with Crippen molar-refractivity contribution in [1.82, 2.24) is 9.55 Å². The second kappa shape index (κ2) is 5.84. The molecule has 7 nitrogen and oxygen atoms in total. The largest absolute Gasteiger partial charge is 0.454 e. The smallest absolute Gasteiger partial charge is 0.262 e. The molecule has 0 saturated carbocycles. The Hall–Kier alpha value is -2.87. The molecule has 1 aliphatic carbocycles. The lowest BCUT2D eigenvalue weighted by Crippen LogP contribution is -2.28. The second-order valence-corrected chi connectivity index (χ2v) is 7.41. The number of nitrogens with one attached hydrogen (secondary N) is 1. The fourth-order valence-electron chi connectivity index (χ4n) is 3.46. The Labute approximate surface area is 152 Å². The number of anilines is 1. The molecule has 0 atom stereocenters. The summed E-state index contributed by atoms with van der Waals surface area (Å²) in [6.07, 6.45) is 4.46. The molecule has 3 heterocycles. The third kappa shape index (κ3) is 2.45. The highest BCUT2D eigenvalue weighted by Gasteiger charge is 2.22. The average Bonchev–Trinajstić information content (AvgIpc) is 3.32. The molecule has 0 saturated heterocycles. The lowest BCUT2D eigenvalue weighted by Gasteiger charge is -2.08. The highest BCUT2D eigenvalue weighted by atomic mass is 32.1. The van der Waals surface area contributed by atoms with Crippen LogP contribution in [0.2, 0.25) is 0 Å². The maximum atomic E-state index is 12.8. The van der Waals surface area contributed by atoms with E-state index in [1.54, 1.807) is 29.5 Å². The van der Waals surface area contributed by atoms with Gasteiger partial charge in [-0.1, -0.05) is 0 Å². The Bertz CT molecular complexity index is 1100. The first-order valence-corrected chi connectivity index (χ1v) is 9.20. The molecule has 2 aliphatic rings. The van der Waals surface area contributed by atoms with E-state index >= 15 is 0 Å². The summed E-state index contributed by atoms with van der Waals surface area (Å²) in [6.45, 7) is 0.0968. The van der Waals surface area contributed by atoms with E-state index < -0.39 is 0 Å². The molecule has 0 fully saturated rings. The molecule has 5 rings (SSSR count). The van der Waals surface area contributed by atoms with Crippen molar-refractivity contribution in [1.29, 1.82) is 0 Å². The Kier molecular flexibility index (Phi) is 3.46. The number of aryl methyl sites for hydroxylation is 2. The zero-order valence-electron chi connectivity index (χ0n) is 13.8. The maximum absolute atomic E-state index is 12.8. The number of thiophene rings is 1. The number of benzene rings is 1. The number of hydrogen-bond acceptors (Lipinski definition) is 6. The fraction of sp³-hybridized carbons (Fsp3) is 0.278. The van der Waals surface area contributed by atoms with Gasteiger partial charge in [-0.15, -0.1) is 11.3 Å². The molecule has 0 radical (unpaired) electrons. The van der Waals surface area contributed by atoms with Crippen molar-refractivity contribution < 1.29 is 14.3 Å². The van der Waals surface area contributed by atoms with E-state index in [-0.39, 0.29) is 24.8 Å². The maximum Gasteiger partial charge on any atom is 0.262 e. The predicted octanol–water partition coefficient (Wildman–Crippen LogP) is 2.31. The summed E-state index contributed by atoms with van der Waals surface area (Å²) in [5.41, 5.74) is 1.57. The highest BCUT2D eigenvalue weighted by Crippen LogP contribution is 2.35. The molecule has 26 heavy (non-hydrogen) atoms. The van der Waals surface area contributed by atoms with Crippen LogP contribution in [0.5, 0.6) is 11.5 Å². The van der Waals surface area contributed by atoms with Crippen LogP contribution < -0.4 is 20.3 Å². The van der Waals surface area contributed by atoms with Crippen molar-refractivity contribution in [3.63, 3.8) is 0 Å². The van der Waals surface area contributed by atoms with Crippen LogP contribution in [0.3, 0.4) is 0 Å². The Morgan fingerprint density at radius 3 is 3.08 bits per heavy atom. The van der Waals surface area contributed by atoms with Crippen LogP contribution in [0.1, 0.15) is 16.9 Å². The van der Waals surface area contributed by atoms with Crippen molar-refractivity contribution in [2.45, 2.75) is 25.8 Å². The summed E-state index contributed by atoms with van der Waals surface area (Å²) in [4.78, 5) is 31.6. The van der Waals surface area contributed by atoms with E-state index in [1.165, 1.54) is 15.8 Å². The van der Waals surface area contributed by atoms with Gasteiger partial charge in [0.1, 0.15) is 11.4 Å². The summed E-state index contributed by atoms with van der Waals surface area (Å²) in [5.74, 6) is 0.955. The number of fused-ring (bicyclic) bond motifs is 4. The van der Waals surface area contributed by atoms with Crippen molar-refractivity contribution in [3.8, 4) is 11.5 Å². The van der Waals surface area contributed by atoms with Gasteiger partial charge in [0.15, 0.2) is 11.5 Å². The summed E-state index contributed by atoms with van der Waals surface area (Å²) in [7, 11) is 0. The lowest BCUT2D eigenvalue weighted by molar-refractivity contribution is -0.116. The summed E-state index contributed by atoms with van der Waals surface area (Å²) >= 11 is 1.59. The number of ether oxygens (including phenoxy) is 2. The predicted molar refractivity (Wildman–Crippen MR) is 97.1 cm³/mol. The number of aromatic nitrogens is 2. The molecular formula is C18H15N3O4S. The highest BCUT2D eigenvalue weighted by molar-refractivity contribution is 7.18. The van der Waals surface area contributed by atoms with Crippen LogP contribution in [0.4, 0.5) is 5.69 Å². The van der Waals surface area contributed by atoms with Gasteiger partial charge < -0.3 is 14.8 Å².